The van der Waals surface area contributed by atoms with Crippen molar-refractivity contribution in [2.75, 3.05) is 0 Å². The van der Waals surface area contributed by atoms with Gasteiger partial charge < -0.3 is 14.9 Å². The number of hydrogen-bond acceptors (Lipinski definition) is 3. The van der Waals surface area contributed by atoms with Crippen LogP contribution in [0, 0.1) is 19.8 Å². The number of hydrogen-bond donors (Lipinski definition) is 3. The molecule has 3 N–H and O–H groups in total. The number of imidazole rings is 1. The minimum absolute atomic E-state index is 0.739. The molecular weight excluding hydrogens is 504 g/mol. The molecule has 41 heavy (non-hydrogen) atoms. The molecule has 0 saturated heterocycles. The number of benzene rings is 1. The Morgan fingerprint density at radius 1 is 1.12 bits per heavy atom. The molecule has 0 atom stereocenters. The van der Waals surface area contributed by atoms with Crippen LogP contribution < -0.4 is 5.32 Å². The highest BCUT2D eigenvalue weighted by molar-refractivity contribution is 5.95. The van der Waals surface area contributed by atoms with Crippen molar-refractivity contribution in [3.05, 3.63) is 108 Å². The first-order chi connectivity index (χ1) is 19.9. The van der Waals surface area contributed by atoms with Crippen LogP contribution in [0.2, 0.25) is 0 Å². The normalized spacial score (nSPS) is 15.5. The van der Waals surface area contributed by atoms with Gasteiger partial charge in [-0.15, -0.1) is 0 Å². The number of aromatic nitrogens is 5. The molecule has 3 aromatic heterocycles. The fraction of sp³-hybridized carbons (Fsp3) is 0.314. The molecule has 6 heteroatoms. The lowest BCUT2D eigenvalue weighted by Gasteiger charge is -2.23. The maximum Gasteiger partial charge on any atom is 0.116 e. The van der Waals surface area contributed by atoms with E-state index in [0.717, 1.165) is 79.8 Å². The molecule has 0 radical (unpaired) electrons. The van der Waals surface area contributed by atoms with Gasteiger partial charge in [0.15, 0.2) is 0 Å². The van der Waals surface area contributed by atoms with Crippen LogP contribution in [-0.4, -0.2) is 24.7 Å². The number of allylic oxidation sites excluding steroid dienone is 6. The topological polar surface area (TPSA) is 74.3 Å². The zero-order valence-corrected chi connectivity index (χ0v) is 24.8. The maximum atomic E-state index is 4.71. The van der Waals surface area contributed by atoms with E-state index in [1.807, 2.05) is 25.5 Å². The van der Waals surface area contributed by atoms with Gasteiger partial charge in [-0.25, -0.2) is 4.98 Å². The first-order valence-corrected chi connectivity index (χ1v) is 14.7. The van der Waals surface area contributed by atoms with Crippen LogP contribution in [0.1, 0.15) is 74.9 Å². The van der Waals surface area contributed by atoms with Crippen LogP contribution in [0.4, 0.5) is 0 Å². The minimum Gasteiger partial charge on any atom is -0.359 e. The van der Waals surface area contributed by atoms with E-state index in [9.17, 15) is 0 Å². The van der Waals surface area contributed by atoms with E-state index >= 15 is 0 Å². The number of nitrogens with one attached hydrogen (secondary N) is 3. The second-order valence-electron chi connectivity index (χ2n) is 11.1. The largest absolute Gasteiger partial charge is 0.359 e. The van der Waals surface area contributed by atoms with Crippen molar-refractivity contribution in [2.24, 2.45) is 5.92 Å². The van der Waals surface area contributed by atoms with Crippen LogP contribution in [0.25, 0.3) is 33.6 Å². The summed E-state index contributed by atoms with van der Waals surface area (Å²) in [5.74, 6) is 0.739. The zero-order valence-electron chi connectivity index (χ0n) is 24.8. The molecule has 4 aromatic rings. The van der Waals surface area contributed by atoms with E-state index < -0.39 is 0 Å². The van der Waals surface area contributed by atoms with Gasteiger partial charge in [0.05, 0.1) is 28.9 Å². The van der Waals surface area contributed by atoms with Gasteiger partial charge in [-0.3, -0.25) is 5.10 Å². The molecule has 1 fully saturated rings. The molecule has 0 spiro atoms. The van der Waals surface area contributed by atoms with Gasteiger partial charge in [0.25, 0.3) is 0 Å². The van der Waals surface area contributed by atoms with Crippen molar-refractivity contribution in [1.29, 1.82) is 0 Å². The Kier molecular flexibility index (Phi) is 8.58. The molecule has 5 rings (SSSR count). The second-order valence-corrected chi connectivity index (χ2v) is 11.1. The van der Waals surface area contributed by atoms with E-state index in [2.05, 4.69) is 101 Å². The quantitative estimate of drug-likeness (QED) is 0.174. The highest BCUT2D eigenvalue weighted by atomic mass is 15.1. The molecule has 0 aliphatic heterocycles. The van der Waals surface area contributed by atoms with E-state index in [1.54, 1.807) is 0 Å². The summed E-state index contributed by atoms with van der Waals surface area (Å²) in [5.41, 5.74) is 11.4. The number of H-pyrrole nitrogens is 2. The number of fused-ring (bicyclic) bond motifs is 1. The van der Waals surface area contributed by atoms with Crippen LogP contribution in [0.15, 0.2) is 85.6 Å². The molecule has 0 bridgehead atoms. The fourth-order valence-electron chi connectivity index (χ4n) is 5.99. The second kappa shape index (κ2) is 12.5. The third-order valence-corrected chi connectivity index (χ3v) is 8.13. The van der Waals surface area contributed by atoms with Gasteiger partial charge in [-0.1, -0.05) is 63.5 Å². The molecular formula is C35H42N6. The summed E-state index contributed by atoms with van der Waals surface area (Å²) in [6.07, 6.45) is 19.9. The Bertz CT molecular complexity index is 1640. The standard InChI is InChI=1S/C35H42N6/c1-7-27(18-29(8-2)37-23(4)17-26-13-11-10-12-14-26)28-15-16-32-31(19-28)35(40-39-32)33-20-30(25(6)38-33)34(9-3)41-21-24(5)36-22-41/h7-9,15-16,18-22,26,37-38H,2,4,10-14,17H2,1,3,5-6H3,(H,39,40)/b27-7+,29-18+,34-9+. The molecule has 6 nitrogen and oxygen atoms in total. The van der Waals surface area contributed by atoms with Crippen molar-refractivity contribution in [2.45, 2.75) is 66.2 Å². The van der Waals surface area contributed by atoms with Crippen molar-refractivity contribution < 1.29 is 0 Å². The van der Waals surface area contributed by atoms with Crippen molar-refractivity contribution in [1.82, 2.24) is 30.0 Å². The maximum absolute atomic E-state index is 4.71. The average Bonchev–Trinajstić information content (AvgIpc) is 3.70. The highest BCUT2D eigenvalue weighted by Gasteiger charge is 2.17. The Morgan fingerprint density at radius 2 is 1.93 bits per heavy atom. The molecule has 1 aromatic carbocycles. The highest BCUT2D eigenvalue weighted by Crippen LogP contribution is 2.33. The summed E-state index contributed by atoms with van der Waals surface area (Å²) < 4.78 is 2.07. The summed E-state index contributed by atoms with van der Waals surface area (Å²) in [6.45, 7) is 16.6. The number of rotatable bonds is 10. The Balaban J connectivity index is 1.41. The smallest absolute Gasteiger partial charge is 0.116 e. The lowest BCUT2D eigenvalue weighted by molar-refractivity contribution is 0.353. The first kappa shape index (κ1) is 28.2. The first-order valence-electron chi connectivity index (χ1n) is 14.7. The molecule has 212 valence electrons. The zero-order chi connectivity index (χ0) is 28.9. The molecule has 1 aliphatic rings. The third kappa shape index (κ3) is 6.22. The Hall–Kier alpha value is -4.32. The SMILES string of the molecule is C=C/C(=C\C(=C/C)c1ccc2[nH]nc(-c3cc(/C(=C\C)n4cnc(C)c4)c(C)[nH]3)c2c1)NC(=C)CC1CCCCC1. The van der Waals surface area contributed by atoms with E-state index in [0.29, 0.717) is 0 Å². The van der Waals surface area contributed by atoms with Crippen molar-refractivity contribution in [3.8, 4) is 11.4 Å². The molecule has 1 saturated carbocycles. The van der Waals surface area contributed by atoms with Gasteiger partial charge in [0, 0.05) is 34.2 Å². The monoisotopic (exact) mass is 546 g/mol. The van der Waals surface area contributed by atoms with Crippen molar-refractivity contribution >= 4 is 22.2 Å². The number of aryl methyl sites for hydroxylation is 2. The lowest BCUT2D eigenvalue weighted by Crippen LogP contribution is -2.15. The molecule has 0 amide bonds. The summed E-state index contributed by atoms with van der Waals surface area (Å²) in [4.78, 5) is 7.98. The van der Waals surface area contributed by atoms with Crippen LogP contribution in [0.3, 0.4) is 0 Å². The summed E-state index contributed by atoms with van der Waals surface area (Å²) in [5, 5.41) is 12.5. The lowest BCUT2D eigenvalue weighted by atomic mass is 9.86. The van der Waals surface area contributed by atoms with E-state index in [4.69, 9.17) is 5.10 Å². The van der Waals surface area contributed by atoms with Gasteiger partial charge >= 0.3 is 0 Å². The Morgan fingerprint density at radius 3 is 2.61 bits per heavy atom. The number of aromatic amines is 2. The summed E-state index contributed by atoms with van der Waals surface area (Å²) >= 11 is 0. The van der Waals surface area contributed by atoms with Gasteiger partial charge in [0.1, 0.15) is 5.69 Å². The van der Waals surface area contributed by atoms with Gasteiger partial charge in [-0.2, -0.15) is 5.10 Å². The van der Waals surface area contributed by atoms with Crippen LogP contribution in [0.5, 0.6) is 0 Å². The predicted molar refractivity (Wildman–Crippen MR) is 172 cm³/mol. The Labute approximate surface area is 243 Å². The van der Waals surface area contributed by atoms with Crippen molar-refractivity contribution in [3.63, 3.8) is 0 Å². The number of nitrogens with zero attached hydrogens (tertiary/aromatic N) is 3. The van der Waals surface area contributed by atoms with Crippen LogP contribution in [-0.2, 0) is 0 Å². The van der Waals surface area contributed by atoms with Gasteiger partial charge in [0.2, 0.25) is 0 Å². The molecule has 1 aliphatic carbocycles. The fourth-order valence-corrected chi connectivity index (χ4v) is 5.99. The third-order valence-electron chi connectivity index (χ3n) is 8.13. The average molecular weight is 547 g/mol. The van der Waals surface area contributed by atoms with E-state index in [-0.39, 0.29) is 0 Å². The van der Waals surface area contributed by atoms with E-state index in [1.165, 1.54) is 32.1 Å². The van der Waals surface area contributed by atoms with Crippen LogP contribution >= 0.6 is 0 Å². The predicted octanol–water partition coefficient (Wildman–Crippen LogP) is 8.83. The molecule has 0 unspecified atom stereocenters. The van der Waals surface area contributed by atoms with Gasteiger partial charge in [-0.05, 0) is 81.5 Å². The minimum atomic E-state index is 0.739. The summed E-state index contributed by atoms with van der Waals surface area (Å²) in [7, 11) is 0. The molecule has 3 heterocycles. The summed E-state index contributed by atoms with van der Waals surface area (Å²) in [6, 6.07) is 8.63.